The second-order valence-corrected chi connectivity index (χ2v) is 6.10. The molecule has 1 aromatic rings. The lowest BCUT2D eigenvalue weighted by molar-refractivity contribution is 0.311. The molecule has 0 aromatic carbocycles. The van der Waals surface area contributed by atoms with Crippen LogP contribution in [0.15, 0.2) is 6.20 Å². The third-order valence-electron chi connectivity index (χ3n) is 3.09. The van der Waals surface area contributed by atoms with Crippen LogP contribution >= 0.6 is 11.3 Å². The molecule has 2 atom stereocenters. The van der Waals surface area contributed by atoms with Gasteiger partial charge in [0.1, 0.15) is 5.01 Å². The number of nitrogens with zero attached hydrogens (tertiary/aromatic N) is 1. The van der Waals surface area contributed by atoms with Crippen molar-refractivity contribution in [2.75, 3.05) is 13.1 Å². The molecule has 1 aliphatic rings. The summed E-state index contributed by atoms with van der Waals surface area (Å²) >= 11 is 1.78. The second-order valence-electron chi connectivity index (χ2n) is 4.78. The number of hydrogen-bond donors (Lipinski definition) is 2. The molecule has 2 unspecified atom stereocenters. The van der Waals surface area contributed by atoms with E-state index >= 15 is 0 Å². The summed E-state index contributed by atoms with van der Waals surface area (Å²) in [7, 11) is 0. The Morgan fingerprint density at radius 2 is 2.50 bits per heavy atom. The Bertz CT molecular complexity index is 324. The minimum absolute atomic E-state index is 0.643. The Kier molecular flexibility index (Phi) is 4.32. The lowest BCUT2D eigenvalue weighted by atomic mass is 9.94. The lowest BCUT2D eigenvalue weighted by Gasteiger charge is -2.28. The van der Waals surface area contributed by atoms with Gasteiger partial charge in [-0.25, -0.2) is 4.98 Å². The molecule has 2 rings (SSSR count). The summed E-state index contributed by atoms with van der Waals surface area (Å²) in [6, 6.07) is 0.643. The second kappa shape index (κ2) is 5.75. The van der Waals surface area contributed by atoms with Gasteiger partial charge >= 0.3 is 0 Å². The zero-order valence-electron chi connectivity index (χ0n) is 10.1. The van der Waals surface area contributed by atoms with Crippen molar-refractivity contribution in [2.45, 2.75) is 39.3 Å². The summed E-state index contributed by atoms with van der Waals surface area (Å²) < 4.78 is 0. The van der Waals surface area contributed by atoms with E-state index in [4.69, 9.17) is 0 Å². The van der Waals surface area contributed by atoms with E-state index in [1.165, 1.54) is 29.3 Å². The van der Waals surface area contributed by atoms with Gasteiger partial charge in [-0.3, -0.25) is 0 Å². The first-order valence-corrected chi connectivity index (χ1v) is 6.91. The molecular weight excluding hydrogens is 218 g/mol. The molecule has 0 aliphatic carbocycles. The molecule has 2 N–H and O–H groups in total. The van der Waals surface area contributed by atoms with Crippen molar-refractivity contribution in [2.24, 2.45) is 5.92 Å². The fourth-order valence-corrected chi connectivity index (χ4v) is 2.97. The monoisotopic (exact) mass is 239 g/mol. The van der Waals surface area contributed by atoms with Crippen molar-refractivity contribution in [3.8, 4) is 0 Å². The van der Waals surface area contributed by atoms with Gasteiger partial charge in [-0.15, -0.1) is 11.3 Å². The van der Waals surface area contributed by atoms with Crippen molar-refractivity contribution >= 4 is 11.3 Å². The van der Waals surface area contributed by atoms with Crippen LogP contribution in [0.1, 0.15) is 29.7 Å². The standard InChI is InChI=1S/C12H21N3S/c1-9-3-4-14-11(5-9)7-13-8-12-15-6-10(2)16-12/h6,9,11,13-14H,3-5,7-8H2,1-2H3. The summed E-state index contributed by atoms with van der Waals surface area (Å²) in [6.45, 7) is 7.58. The predicted octanol–water partition coefficient (Wildman–Crippen LogP) is 1.93. The van der Waals surface area contributed by atoms with E-state index in [2.05, 4.69) is 29.5 Å². The third kappa shape index (κ3) is 3.54. The lowest BCUT2D eigenvalue weighted by Crippen LogP contribution is -2.43. The highest BCUT2D eigenvalue weighted by Crippen LogP contribution is 2.15. The normalized spacial score (nSPS) is 25.9. The maximum Gasteiger partial charge on any atom is 0.107 e. The topological polar surface area (TPSA) is 37.0 Å². The van der Waals surface area contributed by atoms with Crippen molar-refractivity contribution < 1.29 is 0 Å². The number of rotatable bonds is 4. The van der Waals surface area contributed by atoms with Crippen molar-refractivity contribution in [3.05, 3.63) is 16.1 Å². The smallest absolute Gasteiger partial charge is 0.107 e. The maximum atomic E-state index is 4.35. The molecule has 1 saturated heterocycles. The van der Waals surface area contributed by atoms with Gasteiger partial charge in [-0.2, -0.15) is 0 Å². The minimum atomic E-state index is 0.643. The molecule has 0 spiro atoms. The van der Waals surface area contributed by atoms with Crippen LogP contribution in [-0.4, -0.2) is 24.1 Å². The van der Waals surface area contributed by atoms with Gasteiger partial charge in [0.2, 0.25) is 0 Å². The first-order chi connectivity index (χ1) is 7.74. The van der Waals surface area contributed by atoms with Gasteiger partial charge in [0.05, 0.1) is 0 Å². The fourth-order valence-electron chi connectivity index (χ4n) is 2.21. The number of piperidine rings is 1. The highest BCUT2D eigenvalue weighted by molar-refractivity contribution is 7.11. The Balaban J connectivity index is 1.67. The first kappa shape index (κ1) is 12.0. The molecule has 2 heterocycles. The van der Waals surface area contributed by atoms with Crippen LogP contribution < -0.4 is 10.6 Å². The van der Waals surface area contributed by atoms with E-state index in [0.29, 0.717) is 6.04 Å². The highest BCUT2D eigenvalue weighted by atomic mass is 32.1. The van der Waals surface area contributed by atoms with Crippen LogP contribution in [0.2, 0.25) is 0 Å². The molecule has 1 fully saturated rings. The number of thiazole rings is 1. The van der Waals surface area contributed by atoms with E-state index in [1.807, 2.05) is 6.20 Å². The number of aryl methyl sites for hydroxylation is 1. The molecule has 1 aliphatic heterocycles. The predicted molar refractivity (Wildman–Crippen MR) is 68.7 cm³/mol. The van der Waals surface area contributed by atoms with Gasteiger partial charge in [0.15, 0.2) is 0 Å². The average molecular weight is 239 g/mol. The van der Waals surface area contributed by atoms with Gasteiger partial charge < -0.3 is 10.6 Å². The first-order valence-electron chi connectivity index (χ1n) is 6.09. The van der Waals surface area contributed by atoms with E-state index in [9.17, 15) is 0 Å². The molecule has 4 heteroatoms. The van der Waals surface area contributed by atoms with Crippen LogP contribution in [0.25, 0.3) is 0 Å². The molecule has 0 bridgehead atoms. The number of aromatic nitrogens is 1. The molecule has 0 amide bonds. The van der Waals surface area contributed by atoms with E-state index in [-0.39, 0.29) is 0 Å². The molecule has 0 saturated carbocycles. The molecule has 3 nitrogen and oxygen atoms in total. The Labute approximate surface area is 102 Å². The van der Waals surface area contributed by atoms with Crippen LogP contribution in [0.3, 0.4) is 0 Å². The SMILES string of the molecule is Cc1cnc(CNCC2CC(C)CCN2)s1. The zero-order valence-corrected chi connectivity index (χ0v) is 10.9. The van der Waals surface area contributed by atoms with Gasteiger partial charge in [-0.1, -0.05) is 6.92 Å². The summed E-state index contributed by atoms with van der Waals surface area (Å²) in [5, 5.41) is 8.25. The molecule has 16 heavy (non-hydrogen) atoms. The summed E-state index contributed by atoms with van der Waals surface area (Å²) in [5.74, 6) is 0.871. The Morgan fingerprint density at radius 3 is 3.19 bits per heavy atom. The number of hydrogen-bond acceptors (Lipinski definition) is 4. The maximum absolute atomic E-state index is 4.35. The van der Waals surface area contributed by atoms with Crippen molar-refractivity contribution in [1.82, 2.24) is 15.6 Å². The van der Waals surface area contributed by atoms with Crippen molar-refractivity contribution in [3.63, 3.8) is 0 Å². The molecular formula is C12H21N3S. The zero-order chi connectivity index (χ0) is 11.4. The minimum Gasteiger partial charge on any atom is -0.313 e. The van der Waals surface area contributed by atoms with Crippen LogP contribution in [0.4, 0.5) is 0 Å². The van der Waals surface area contributed by atoms with Crippen LogP contribution in [0, 0.1) is 12.8 Å². The summed E-state index contributed by atoms with van der Waals surface area (Å²) in [5.41, 5.74) is 0. The average Bonchev–Trinajstić information content (AvgIpc) is 2.64. The van der Waals surface area contributed by atoms with E-state index < -0.39 is 0 Å². The highest BCUT2D eigenvalue weighted by Gasteiger charge is 2.17. The number of nitrogens with one attached hydrogen (secondary N) is 2. The van der Waals surface area contributed by atoms with E-state index in [0.717, 1.165) is 19.0 Å². The fraction of sp³-hybridized carbons (Fsp3) is 0.750. The third-order valence-corrected chi connectivity index (χ3v) is 4.01. The van der Waals surface area contributed by atoms with Crippen LogP contribution in [-0.2, 0) is 6.54 Å². The van der Waals surface area contributed by atoms with Crippen molar-refractivity contribution in [1.29, 1.82) is 0 Å². The van der Waals surface area contributed by atoms with E-state index in [1.54, 1.807) is 11.3 Å². The molecule has 0 radical (unpaired) electrons. The molecule has 90 valence electrons. The summed E-state index contributed by atoms with van der Waals surface area (Å²) in [4.78, 5) is 5.64. The summed E-state index contributed by atoms with van der Waals surface area (Å²) in [6.07, 6.45) is 4.56. The quantitative estimate of drug-likeness (QED) is 0.843. The van der Waals surface area contributed by atoms with Gasteiger partial charge in [-0.05, 0) is 32.2 Å². The molecule has 1 aromatic heterocycles. The van der Waals surface area contributed by atoms with Gasteiger partial charge in [0.25, 0.3) is 0 Å². The Morgan fingerprint density at radius 1 is 1.62 bits per heavy atom. The van der Waals surface area contributed by atoms with Gasteiger partial charge in [0, 0.05) is 30.2 Å². The largest absolute Gasteiger partial charge is 0.313 e. The van der Waals surface area contributed by atoms with Crippen LogP contribution in [0.5, 0.6) is 0 Å². The Hall–Kier alpha value is -0.450.